The number of benzene rings is 1. The zero-order chi connectivity index (χ0) is 14.6. The first kappa shape index (κ1) is 15.4. The molecule has 0 aliphatic carbocycles. The van der Waals surface area contributed by atoms with Crippen LogP contribution in [0.3, 0.4) is 0 Å². The Morgan fingerprint density at radius 3 is 3.00 bits per heavy atom. The lowest BCUT2D eigenvalue weighted by molar-refractivity contribution is -0.385. The zero-order valence-electron chi connectivity index (χ0n) is 11.2. The molecule has 20 heavy (non-hydrogen) atoms. The van der Waals surface area contributed by atoms with Crippen molar-refractivity contribution in [2.45, 2.75) is 18.6 Å². The van der Waals surface area contributed by atoms with Gasteiger partial charge in [-0.3, -0.25) is 10.1 Å². The van der Waals surface area contributed by atoms with Crippen LogP contribution in [0.2, 0.25) is 0 Å². The van der Waals surface area contributed by atoms with Gasteiger partial charge in [-0.15, -0.1) is 0 Å². The molecule has 0 bridgehead atoms. The molecule has 0 saturated carbocycles. The second-order valence-corrected chi connectivity index (χ2v) is 5.59. The van der Waals surface area contributed by atoms with E-state index in [1.165, 1.54) is 6.07 Å². The lowest BCUT2D eigenvalue weighted by atomic mass is 10.0. The largest absolute Gasteiger partial charge is 0.378 e. The molecule has 1 fully saturated rings. The number of methoxy groups -OCH3 is 1. The van der Waals surface area contributed by atoms with Crippen molar-refractivity contribution in [3.63, 3.8) is 0 Å². The average Bonchev–Trinajstić information content (AvgIpc) is 2.90. The van der Waals surface area contributed by atoms with Gasteiger partial charge in [-0.25, -0.2) is 0 Å². The molecule has 1 N–H and O–H groups in total. The number of halogens is 1. The van der Waals surface area contributed by atoms with Crippen molar-refractivity contribution in [1.29, 1.82) is 0 Å². The molecule has 2 rings (SSSR count). The second kappa shape index (κ2) is 6.62. The Morgan fingerprint density at radius 1 is 1.60 bits per heavy atom. The third-order valence-corrected chi connectivity index (χ3v) is 4.43. The maximum Gasteiger partial charge on any atom is 0.283 e. The van der Waals surface area contributed by atoms with Gasteiger partial charge in [0.1, 0.15) is 5.60 Å². The fourth-order valence-corrected chi connectivity index (χ4v) is 2.78. The minimum Gasteiger partial charge on any atom is -0.378 e. The van der Waals surface area contributed by atoms with E-state index in [0.29, 0.717) is 30.8 Å². The molecular weight excluding hydrogens is 328 g/mol. The third-order valence-electron chi connectivity index (χ3n) is 3.52. The van der Waals surface area contributed by atoms with E-state index >= 15 is 0 Å². The number of hydrogen-bond donors (Lipinski definition) is 1. The summed E-state index contributed by atoms with van der Waals surface area (Å²) in [6, 6.07) is 5.02. The second-order valence-electron chi connectivity index (χ2n) is 4.80. The number of rotatable bonds is 6. The van der Waals surface area contributed by atoms with Gasteiger partial charge in [0, 0.05) is 39.3 Å². The molecule has 1 aliphatic heterocycles. The molecule has 0 spiro atoms. The minimum absolute atomic E-state index is 0.0787. The van der Waals surface area contributed by atoms with Gasteiger partial charge in [-0.2, -0.15) is 0 Å². The van der Waals surface area contributed by atoms with Gasteiger partial charge in [0.2, 0.25) is 0 Å². The van der Waals surface area contributed by atoms with Crippen LogP contribution in [0.15, 0.2) is 22.7 Å². The summed E-state index contributed by atoms with van der Waals surface area (Å²) in [5.74, 6) is 0. The van der Waals surface area contributed by atoms with Gasteiger partial charge >= 0.3 is 0 Å². The Labute approximate surface area is 125 Å². The molecule has 6 nitrogen and oxygen atoms in total. The summed E-state index contributed by atoms with van der Waals surface area (Å²) in [6.07, 6.45) is 0.854. The monoisotopic (exact) mass is 344 g/mol. The topological polar surface area (TPSA) is 73.6 Å². The van der Waals surface area contributed by atoms with Crippen molar-refractivity contribution < 1.29 is 14.4 Å². The fourth-order valence-electron chi connectivity index (χ4n) is 2.23. The van der Waals surface area contributed by atoms with Crippen LogP contribution in [0.5, 0.6) is 0 Å². The van der Waals surface area contributed by atoms with E-state index in [2.05, 4.69) is 21.2 Å². The van der Waals surface area contributed by atoms with Crippen LogP contribution in [-0.2, 0) is 16.0 Å². The normalized spacial score (nSPS) is 22.1. The molecule has 1 aliphatic rings. The Balaban J connectivity index is 1.97. The van der Waals surface area contributed by atoms with E-state index in [1.807, 2.05) is 6.07 Å². The molecule has 1 heterocycles. The van der Waals surface area contributed by atoms with Gasteiger partial charge in [-0.05, 0) is 21.5 Å². The SMILES string of the molecule is COC1(CNCc2cccc([N+](=O)[O-])c2Br)CCOC1. The minimum atomic E-state index is -0.394. The van der Waals surface area contributed by atoms with Crippen LogP contribution < -0.4 is 5.32 Å². The number of nitrogens with zero attached hydrogens (tertiary/aromatic N) is 1. The van der Waals surface area contributed by atoms with Crippen LogP contribution in [0.1, 0.15) is 12.0 Å². The quantitative estimate of drug-likeness (QED) is 0.632. The standard InChI is InChI=1S/C13H17BrN2O4/c1-19-13(5-6-20-9-13)8-15-7-10-3-2-4-11(12(10)14)16(17)18/h2-4,15H,5-9H2,1H3. The summed E-state index contributed by atoms with van der Waals surface area (Å²) in [6.45, 7) is 2.47. The van der Waals surface area contributed by atoms with Gasteiger partial charge < -0.3 is 14.8 Å². The van der Waals surface area contributed by atoms with Gasteiger partial charge in [0.05, 0.1) is 16.0 Å². The highest BCUT2D eigenvalue weighted by atomic mass is 79.9. The first-order chi connectivity index (χ1) is 9.58. The summed E-state index contributed by atoms with van der Waals surface area (Å²) >= 11 is 3.29. The van der Waals surface area contributed by atoms with Crippen LogP contribution in [0, 0.1) is 10.1 Å². The molecule has 7 heteroatoms. The van der Waals surface area contributed by atoms with E-state index in [4.69, 9.17) is 9.47 Å². The number of nitrogens with one attached hydrogen (secondary N) is 1. The Bertz CT molecular complexity index is 489. The molecule has 1 atom stereocenters. The fraction of sp³-hybridized carbons (Fsp3) is 0.538. The summed E-state index contributed by atoms with van der Waals surface area (Å²) in [5.41, 5.74) is 0.645. The van der Waals surface area contributed by atoms with Crippen molar-refractivity contribution in [3.05, 3.63) is 38.3 Å². The molecule has 0 radical (unpaired) electrons. The maximum absolute atomic E-state index is 10.9. The summed E-state index contributed by atoms with van der Waals surface area (Å²) < 4.78 is 11.4. The average molecular weight is 345 g/mol. The Kier molecular flexibility index (Phi) is 5.09. The van der Waals surface area contributed by atoms with E-state index < -0.39 is 4.92 Å². The highest BCUT2D eigenvalue weighted by Crippen LogP contribution is 2.28. The van der Waals surface area contributed by atoms with E-state index in [0.717, 1.165) is 12.0 Å². The van der Waals surface area contributed by atoms with Gasteiger partial charge in [0.15, 0.2) is 0 Å². The highest BCUT2D eigenvalue weighted by molar-refractivity contribution is 9.10. The van der Waals surface area contributed by atoms with Crippen LogP contribution in [0.25, 0.3) is 0 Å². The van der Waals surface area contributed by atoms with Crippen molar-refractivity contribution in [1.82, 2.24) is 5.32 Å². The predicted octanol–water partition coefficient (Wildman–Crippen LogP) is 2.25. The lowest BCUT2D eigenvalue weighted by Gasteiger charge is -2.26. The van der Waals surface area contributed by atoms with Crippen LogP contribution in [0.4, 0.5) is 5.69 Å². The molecule has 0 aromatic heterocycles. The molecule has 1 saturated heterocycles. The van der Waals surface area contributed by atoms with Crippen molar-refractivity contribution in [2.24, 2.45) is 0 Å². The molecule has 1 aromatic rings. The van der Waals surface area contributed by atoms with Crippen molar-refractivity contribution >= 4 is 21.6 Å². The van der Waals surface area contributed by atoms with Gasteiger partial charge in [0.25, 0.3) is 5.69 Å². The maximum atomic E-state index is 10.9. The number of hydrogen-bond acceptors (Lipinski definition) is 5. The molecule has 1 unspecified atom stereocenters. The smallest absolute Gasteiger partial charge is 0.283 e. The van der Waals surface area contributed by atoms with Crippen LogP contribution >= 0.6 is 15.9 Å². The number of nitro groups is 1. The summed E-state index contributed by atoms with van der Waals surface area (Å²) in [5, 5.41) is 14.2. The molecule has 0 amide bonds. The first-order valence-electron chi connectivity index (χ1n) is 6.33. The first-order valence-corrected chi connectivity index (χ1v) is 7.13. The van der Waals surface area contributed by atoms with E-state index in [1.54, 1.807) is 13.2 Å². The number of nitro benzene ring substituents is 1. The Morgan fingerprint density at radius 2 is 2.40 bits per heavy atom. The van der Waals surface area contributed by atoms with E-state index in [9.17, 15) is 10.1 Å². The molecular formula is C13H17BrN2O4. The molecule has 110 valence electrons. The third kappa shape index (κ3) is 3.35. The predicted molar refractivity (Wildman–Crippen MR) is 77.7 cm³/mol. The van der Waals surface area contributed by atoms with Crippen LogP contribution in [-0.4, -0.2) is 37.4 Å². The zero-order valence-corrected chi connectivity index (χ0v) is 12.8. The Hall–Kier alpha value is -1.02. The van der Waals surface area contributed by atoms with E-state index in [-0.39, 0.29) is 11.3 Å². The highest BCUT2D eigenvalue weighted by Gasteiger charge is 2.34. The summed E-state index contributed by atoms with van der Waals surface area (Å²) in [4.78, 5) is 10.5. The summed E-state index contributed by atoms with van der Waals surface area (Å²) in [7, 11) is 1.68. The van der Waals surface area contributed by atoms with Gasteiger partial charge in [-0.1, -0.05) is 12.1 Å². The lowest BCUT2D eigenvalue weighted by Crippen LogP contribution is -2.42. The van der Waals surface area contributed by atoms with Crippen molar-refractivity contribution in [3.8, 4) is 0 Å². The molecule has 1 aromatic carbocycles. The van der Waals surface area contributed by atoms with Crippen molar-refractivity contribution in [2.75, 3.05) is 26.9 Å². The number of ether oxygens (including phenoxy) is 2.